The van der Waals surface area contributed by atoms with E-state index in [4.69, 9.17) is 0 Å². The van der Waals surface area contributed by atoms with Gasteiger partial charge in [0, 0.05) is 18.8 Å². The zero-order chi connectivity index (χ0) is 10.1. The molecular weight excluding hydrogens is 181 g/mol. The summed E-state index contributed by atoms with van der Waals surface area (Å²) in [5.74, 6) is 0. The van der Waals surface area contributed by atoms with Crippen LogP contribution in [0.5, 0.6) is 0 Å². The molecule has 0 aliphatic rings. The number of aromatic nitrogens is 1. The van der Waals surface area contributed by atoms with Crippen LogP contribution in [0.25, 0.3) is 10.9 Å². The molecule has 0 radical (unpaired) electrons. The van der Waals surface area contributed by atoms with Gasteiger partial charge in [0.15, 0.2) is 0 Å². The maximum Gasteiger partial charge on any atom is 0.119 e. The molecule has 0 spiro atoms. The topological polar surface area (TPSA) is 25.2 Å². The van der Waals surface area contributed by atoms with Crippen molar-refractivity contribution in [2.75, 3.05) is 6.67 Å². The van der Waals surface area contributed by atoms with Gasteiger partial charge < -0.3 is 9.67 Å². The van der Waals surface area contributed by atoms with Crippen molar-refractivity contribution in [3.63, 3.8) is 0 Å². The molecule has 3 heteroatoms. The number of benzene rings is 1. The van der Waals surface area contributed by atoms with Crippen LogP contribution >= 0.6 is 0 Å². The minimum Gasteiger partial charge on any atom is -0.386 e. The zero-order valence-corrected chi connectivity index (χ0v) is 7.94. The summed E-state index contributed by atoms with van der Waals surface area (Å²) in [7, 11) is 1.92. The second kappa shape index (κ2) is 3.42. The summed E-state index contributed by atoms with van der Waals surface area (Å²) in [5, 5.41) is 10.4. The molecule has 74 valence electrons. The molecule has 2 rings (SSSR count). The van der Waals surface area contributed by atoms with Crippen molar-refractivity contribution in [3.05, 3.63) is 36.0 Å². The van der Waals surface area contributed by atoms with E-state index in [1.54, 1.807) is 6.07 Å². The lowest BCUT2D eigenvalue weighted by molar-refractivity contribution is 0.142. The maximum absolute atomic E-state index is 12.2. The Morgan fingerprint density at radius 2 is 2.21 bits per heavy atom. The Labute approximate surface area is 81.6 Å². The van der Waals surface area contributed by atoms with Crippen LogP contribution < -0.4 is 0 Å². The van der Waals surface area contributed by atoms with E-state index in [-0.39, 0.29) is 0 Å². The Morgan fingerprint density at radius 1 is 1.43 bits per heavy atom. The number of aryl methyl sites for hydroxylation is 1. The van der Waals surface area contributed by atoms with Gasteiger partial charge in [0.05, 0.1) is 0 Å². The van der Waals surface area contributed by atoms with E-state index in [2.05, 4.69) is 0 Å². The van der Waals surface area contributed by atoms with E-state index in [0.29, 0.717) is 5.56 Å². The molecule has 0 saturated carbocycles. The smallest absolute Gasteiger partial charge is 0.119 e. The normalized spacial score (nSPS) is 13.4. The first-order valence-corrected chi connectivity index (χ1v) is 4.51. The lowest BCUT2D eigenvalue weighted by Crippen LogP contribution is -1.99. The summed E-state index contributed by atoms with van der Waals surface area (Å²) in [6.07, 6.45) is 0.935. The third kappa shape index (κ3) is 1.40. The second-order valence-electron chi connectivity index (χ2n) is 3.41. The number of halogens is 1. The fourth-order valence-electron chi connectivity index (χ4n) is 1.58. The Morgan fingerprint density at radius 3 is 2.93 bits per heavy atom. The number of hydrogen-bond donors (Lipinski definition) is 1. The SMILES string of the molecule is Cn1ccc2ccc(C(O)CF)cc21. The van der Waals surface area contributed by atoms with E-state index < -0.39 is 12.8 Å². The molecule has 0 aliphatic heterocycles. The maximum atomic E-state index is 12.2. The Balaban J connectivity index is 2.54. The van der Waals surface area contributed by atoms with Gasteiger partial charge in [-0.1, -0.05) is 12.1 Å². The Hall–Kier alpha value is -1.35. The molecule has 2 nitrogen and oxygen atoms in total. The molecule has 0 amide bonds. The third-order valence-corrected chi connectivity index (χ3v) is 2.44. The number of fused-ring (bicyclic) bond motifs is 1. The highest BCUT2D eigenvalue weighted by molar-refractivity contribution is 5.80. The quantitative estimate of drug-likeness (QED) is 0.777. The average molecular weight is 193 g/mol. The van der Waals surface area contributed by atoms with Crippen molar-refractivity contribution in [1.29, 1.82) is 0 Å². The predicted octanol–water partition coefficient (Wildman–Crippen LogP) is 2.18. The molecule has 0 bridgehead atoms. The first-order valence-electron chi connectivity index (χ1n) is 4.51. The number of nitrogens with zero attached hydrogens (tertiary/aromatic N) is 1. The Bertz CT molecular complexity index is 449. The van der Waals surface area contributed by atoms with E-state index in [0.717, 1.165) is 10.9 Å². The Kier molecular flexibility index (Phi) is 2.25. The van der Waals surface area contributed by atoms with Crippen LogP contribution in [0.2, 0.25) is 0 Å². The first-order chi connectivity index (χ1) is 6.72. The largest absolute Gasteiger partial charge is 0.386 e. The fourth-order valence-corrected chi connectivity index (χ4v) is 1.58. The minimum atomic E-state index is -1.01. The number of hydrogen-bond acceptors (Lipinski definition) is 1. The van der Waals surface area contributed by atoms with Crippen molar-refractivity contribution in [2.24, 2.45) is 7.05 Å². The van der Waals surface area contributed by atoms with Gasteiger partial charge in [-0.2, -0.15) is 0 Å². The van der Waals surface area contributed by atoms with Crippen molar-refractivity contribution in [2.45, 2.75) is 6.10 Å². The molecule has 0 saturated heterocycles. The number of alkyl halides is 1. The fraction of sp³-hybridized carbons (Fsp3) is 0.273. The van der Waals surface area contributed by atoms with Crippen LogP contribution in [0.1, 0.15) is 11.7 Å². The molecule has 1 unspecified atom stereocenters. The lowest BCUT2D eigenvalue weighted by atomic mass is 10.1. The summed E-state index contributed by atoms with van der Waals surface area (Å²) in [6, 6.07) is 7.46. The van der Waals surface area contributed by atoms with Crippen molar-refractivity contribution >= 4 is 10.9 Å². The summed E-state index contributed by atoms with van der Waals surface area (Å²) in [6.45, 7) is -0.740. The standard InChI is InChI=1S/C11H12FNO/c1-13-5-4-8-2-3-9(6-10(8)13)11(14)7-12/h2-6,11,14H,7H2,1H3. The first kappa shape index (κ1) is 9.21. The van der Waals surface area contributed by atoms with Gasteiger partial charge in [0.2, 0.25) is 0 Å². The zero-order valence-electron chi connectivity index (χ0n) is 7.94. The van der Waals surface area contributed by atoms with Crippen molar-refractivity contribution in [1.82, 2.24) is 4.57 Å². The molecule has 1 aromatic carbocycles. The van der Waals surface area contributed by atoms with Crippen LogP contribution in [0, 0.1) is 0 Å². The summed E-state index contributed by atoms with van der Waals surface area (Å²) in [5.41, 5.74) is 1.64. The van der Waals surface area contributed by atoms with Crippen LogP contribution in [0.3, 0.4) is 0 Å². The molecule has 1 aromatic heterocycles. The highest BCUT2D eigenvalue weighted by Crippen LogP contribution is 2.21. The van der Waals surface area contributed by atoms with Gasteiger partial charge in [-0.15, -0.1) is 0 Å². The van der Waals surface area contributed by atoms with Gasteiger partial charge in [-0.05, 0) is 23.1 Å². The van der Waals surface area contributed by atoms with E-state index in [1.165, 1.54) is 0 Å². The van der Waals surface area contributed by atoms with Crippen LogP contribution in [-0.2, 0) is 7.05 Å². The van der Waals surface area contributed by atoms with Gasteiger partial charge >= 0.3 is 0 Å². The second-order valence-corrected chi connectivity index (χ2v) is 3.41. The van der Waals surface area contributed by atoms with Gasteiger partial charge in [0.1, 0.15) is 12.8 Å². The van der Waals surface area contributed by atoms with E-state index in [9.17, 15) is 9.50 Å². The third-order valence-electron chi connectivity index (χ3n) is 2.44. The molecule has 2 aromatic rings. The minimum absolute atomic E-state index is 0.627. The summed E-state index contributed by atoms with van der Waals surface area (Å²) < 4.78 is 14.2. The van der Waals surface area contributed by atoms with Crippen molar-refractivity contribution in [3.8, 4) is 0 Å². The highest BCUT2D eigenvalue weighted by Gasteiger charge is 2.08. The van der Waals surface area contributed by atoms with Gasteiger partial charge in [0.25, 0.3) is 0 Å². The van der Waals surface area contributed by atoms with Crippen LogP contribution in [-0.4, -0.2) is 16.3 Å². The monoisotopic (exact) mass is 193 g/mol. The van der Waals surface area contributed by atoms with Gasteiger partial charge in [-0.3, -0.25) is 0 Å². The molecule has 1 heterocycles. The molecule has 1 atom stereocenters. The lowest BCUT2D eigenvalue weighted by Gasteiger charge is -2.06. The van der Waals surface area contributed by atoms with E-state index >= 15 is 0 Å². The molecule has 0 fully saturated rings. The summed E-state index contributed by atoms with van der Waals surface area (Å²) >= 11 is 0. The van der Waals surface area contributed by atoms with Crippen LogP contribution in [0.15, 0.2) is 30.5 Å². The number of rotatable bonds is 2. The molecule has 0 aliphatic carbocycles. The summed E-state index contributed by atoms with van der Waals surface area (Å²) in [4.78, 5) is 0. The molecule has 14 heavy (non-hydrogen) atoms. The molecule has 1 N–H and O–H groups in total. The van der Waals surface area contributed by atoms with E-state index in [1.807, 2.05) is 36.0 Å². The van der Waals surface area contributed by atoms with Crippen molar-refractivity contribution < 1.29 is 9.50 Å². The molecular formula is C11H12FNO. The van der Waals surface area contributed by atoms with Crippen LogP contribution in [0.4, 0.5) is 4.39 Å². The van der Waals surface area contributed by atoms with Gasteiger partial charge in [-0.25, -0.2) is 4.39 Å². The average Bonchev–Trinajstić information content (AvgIpc) is 2.59. The highest BCUT2D eigenvalue weighted by atomic mass is 19.1. The predicted molar refractivity (Wildman–Crippen MR) is 53.9 cm³/mol. The number of aliphatic hydroxyl groups excluding tert-OH is 1. The number of aliphatic hydroxyl groups is 1.